The topological polar surface area (TPSA) is 99.0 Å². The normalized spacial score (nSPS) is 12.7. The van der Waals surface area contributed by atoms with Crippen molar-refractivity contribution in [3.63, 3.8) is 0 Å². The average Bonchev–Trinajstić information content (AvgIpc) is 3.30. The van der Waals surface area contributed by atoms with Gasteiger partial charge in [0.25, 0.3) is 5.91 Å². The first kappa shape index (κ1) is 19.6. The summed E-state index contributed by atoms with van der Waals surface area (Å²) in [5.74, 6) is 0.0909. The maximum absolute atomic E-state index is 12.0. The number of aromatic nitrogens is 4. The number of hydrogen-bond donors (Lipinski definition) is 1. The molecule has 0 saturated heterocycles. The molecule has 2 aromatic carbocycles. The van der Waals surface area contributed by atoms with Gasteiger partial charge in [-0.15, -0.1) is 0 Å². The highest BCUT2D eigenvalue weighted by atomic mass is 16.5. The summed E-state index contributed by atoms with van der Waals surface area (Å²) in [6.45, 7) is 1.21. The summed E-state index contributed by atoms with van der Waals surface area (Å²) >= 11 is 0. The zero-order chi connectivity index (χ0) is 22.1. The van der Waals surface area contributed by atoms with E-state index in [1.807, 2.05) is 36.4 Å². The molecule has 0 saturated carbocycles. The van der Waals surface area contributed by atoms with Gasteiger partial charge in [0, 0.05) is 18.3 Å². The SMILES string of the molecule is COC(=O)c1ccc(-c2ccc(-c3nccc(-c4cc5n(n4)CCNC5=O)n3)cc2)cc1. The van der Waals surface area contributed by atoms with E-state index in [0.29, 0.717) is 41.6 Å². The summed E-state index contributed by atoms with van der Waals surface area (Å²) in [4.78, 5) is 32.7. The van der Waals surface area contributed by atoms with E-state index in [4.69, 9.17) is 4.74 Å². The van der Waals surface area contributed by atoms with Crippen molar-refractivity contribution >= 4 is 11.9 Å². The molecule has 0 radical (unpaired) electrons. The number of carbonyl (C=O) groups excluding carboxylic acids is 2. The van der Waals surface area contributed by atoms with Gasteiger partial charge < -0.3 is 10.1 Å². The quantitative estimate of drug-likeness (QED) is 0.504. The van der Waals surface area contributed by atoms with E-state index in [9.17, 15) is 9.59 Å². The van der Waals surface area contributed by atoms with Crippen LogP contribution in [0.1, 0.15) is 20.8 Å². The minimum atomic E-state index is -0.358. The third-order valence-corrected chi connectivity index (χ3v) is 5.32. The number of methoxy groups -OCH3 is 1. The fourth-order valence-corrected chi connectivity index (χ4v) is 3.63. The van der Waals surface area contributed by atoms with Gasteiger partial charge in [-0.3, -0.25) is 9.48 Å². The van der Waals surface area contributed by atoms with Gasteiger partial charge in [-0.2, -0.15) is 5.10 Å². The van der Waals surface area contributed by atoms with Gasteiger partial charge in [0.2, 0.25) is 0 Å². The highest BCUT2D eigenvalue weighted by Gasteiger charge is 2.20. The zero-order valence-electron chi connectivity index (χ0n) is 17.3. The predicted molar refractivity (Wildman–Crippen MR) is 118 cm³/mol. The highest BCUT2D eigenvalue weighted by molar-refractivity contribution is 5.94. The van der Waals surface area contributed by atoms with Crippen molar-refractivity contribution in [2.75, 3.05) is 13.7 Å². The Morgan fingerprint density at radius 2 is 1.66 bits per heavy atom. The molecule has 2 aromatic heterocycles. The Hall–Kier alpha value is -4.33. The molecule has 1 aliphatic heterocycles. The van der Waals surface area contributed by atoms with Crippen LogP contribution in [-0.4, -0.2) is 45.3 Å². The maximum Gasteiger partial charge on any atom is 0.337 e. The number of esters is 1. The van der Waals surface area contributed by atoms with Crippen molar-refractivity contribution in [2.45, 2.75) is 6.54 Å². The first-order valence-corrected chi connectivity index (χ1v) is 10.1. The monoisotopic (exact) mass is 425 g/mol. The number of nitrogens with one attached hydrogen (secondary N) is 1. The molecule has 0 spiro atoms. The Bertz CT molecular complexity index is 1310. The second kappa shape index (κ2) is 8.07. The minimum Gasteiger partial charge on any atom is -0.465 e. The van der Waals surface area contributed by atoms with Crippen molar-refractivity contribution < 1.29 is 14.3 Å². The van der Waals surface area contributed by atoms with E-state index >= 15 is 0 Å². The van der Waals surface area contributed by atoms with Gasteiger partial charge in [0.15, 0.2) is 5.82 Å². The van der Waals surface area contributed by atoms with Crippen molar-refractivity contribution in [3.05, 3.63) is 78.1 Å². The molecular formula is C24H19N5O3. The molecule has 0 fully saturated rings. The number of amides is 1. The average molecular weight is 425 g/mol. The Morgan fingerprint density at radius 1 is 0.969 bits per heavy atom. The lowest BCUT2D eigenvalue weighted by atomic mass is 10.0. The molecule has 158 valence electrons. The number of carbonyl (C=O) groups is 2. The zero-order valence-corrected chi connectivity index (χ0v) is 17.3. The largest absolute Gasteiger partial charge is 0.465 e. The van der Waals surface area contributed by atoms with Gasteiger partial charge in [-0.25, -0.2) is 14.8 Å². The molecule has 0 bridgehead atoms. The molecule has 0 unspecified atom stereocenters. The molecule has 1 N–H and O–H groups in total. The summed E-state index contributed by atoms with van der Waals surface area (Å²) in [5.41, 5.74) is 5.21. The molecule has 1 aliphatic rings. The van der Waals surface area contributed by atoms with Gasteiger partial charge in [0.1, 0.15) is 11.4 Å². The fourth-order valence-electron chi connectivity index (χ4n) is 3.63. The van der Waals surface area contributed by atoms with Crippen LogP contribution >= 0.6 is 0 Å². The molecule has 8 heteroatoms. The molecular weight excluding hydrogens is 406 g/mol. The number of fused-ring (bicyclic) bond motifs is 1. The summed E-state index contributed by atoms with van der Waals surface area (Å²) in [7, 11) is 1.36. The van der Waals surface area contributed by atoms with Crippen molar-refractivity contribution in [1.29, 1.82) is 0 Å². The molecule has 0 atom stereocenters. The Labute approximate surface area is 183 Å². The van der Waals surface area contributed by atoms with E-state index in [0.717, 1.165) is 16.7 Å². The molecule has 32 heavy (non-hydrogen) atoms. The second-order valence-electron chi connectivity index (χ2n) is 7.31. The first-order chi connectivity index (χ1) is 15.6. The Kier molecular flexibility index (Phi) is 4.95. The molecule has 5 rings (SSSR count). The van der Waals surface area contributed by atoms with E-state index in [1.54, 1.807) is 35.1 Å². The third-order valence-electron chi connectivity index (χ3n) is 5.32. The minimum absolute atomic E-state index is 0.125. The standard InChI is InChI=1S/C24H19N5O3/c1-32-24(31)18-8-4-16(5-9-18)15-2-6-17(7-3-15)22-25-11-10-19(27-22)20-14-21-23(30)26-12-13-29(21)28-20/h2-11,14H,12-13H2,1H3,(H,26,30). The van der Waals surface area contributed by atoms with E-state index in [-0.39, 0.29) is 11.9 Å². The highest BCUT2D eigenvalue weighted by Crippen LogP contribution is 2.25. The van der Waals surface area contributed by atoms with Crippen LogP contribution in [0, 0.1) is 0 Å². The second-order valence-corrected chi connectivity index (χ2v) is 7.31. The van der Waals surface area contributed by atoms with Crippen LogP contribution in [0.4, 0.5) is 0 Å². The summed E-state index contributed by atoms with van der Waals surface area (Å²) in [6, 6.07) is 18.7. The Morgan fingerprint density at radius 3 is 2.34 bits per heavy atom. The summed E-state index contributed by atoms with van der Waals surface area (Å²) in [5, 5.41) is 7.33. The molecule has 1 amide bonds. The van der Waals surface area contributed by atoms with Crippen molar-refractivity contribution in [2.24, 2.45) is 0 Å². The number of ether oxygens (including phenoxy) is 1. The lowest BCUT2D eigenvalue weighted by molar-refractivity contribution is 0.0600. The number of hydrogen-bond acceptors (Lipinski definition) is 6. The summed E-state index contributed by atoms with van der Waals surface area (Å²) in [6.07, 6.45) is 1.69. The van der Waals surface area contributed by atoms with Crippen LogP contribution in [0.2, 0.25) is 0 Å². The number of benzene rings is 2. The van der Waals surface area contributed by atoms with Crippen LogP contribution < -0.4 is 5.32 Å². The lowest BCUT2D eigenvalue weighted by Gasteiger charge is -2.13. The molecule has 8 nitrogen and oxygen atoms in total. The molecule has 3 heterocycles. The number of nitrogens with zero attached hydrogens (tertiary/aromatic N) is 4. The van der Waals surface area contributed by atoms with Crippen LogP contribution in [0.5, 0.6) is 0 Å². The van der Waals surface area contributed by atoms with E-state index < -0.39 is 0 Å². The van der Waals surface area contributed by atoms with E-state index in [2.05, 4.69) is 20.4 Å². The fraction of sp³-hybridized carbons (Fsp3) is 0.125. The van der Waals surface area contributed by atoms with Crippen LogP contribution in [0.3, 0.4) is 0 Å². The smallest absolute Gasteiger partial charge is 0.337 e. The van der Waals surface area contributed by atoms with Crippen molar-refractivity contribution in [3.8, 4) is 33.9 Å². The first-order valence-electron chi connectivity index (χ1n) is 10.1. The lowest BCUT2D eigenvalue weighted by Crippen LogP contribution is -2.35. The van der Waals surface area contributed by atoms with Crippen LogP contribution in [0.15, 0.2) is 66.9 Å². The Balaban J connectivity index is 1.40. The molecule has 0 aliphatic carbocycles. The summed E-state index contributed by atoms with van der Waals surface area (Å²) < 4.78 is 6.44. The third kappa shape index (κ3) is 3.62. The van der Waals surface area contributed by atoms with Crippen molar-refractivity contribution in [1.82, 2.24) is 25.1 Å². The predicted octanol–water partition coefficient (Wildman–Crippen LogP) is 3.20. The number of rotatable bonds is 4. The van der Waals surface area contributed by atoms with Gasteiger partial charge >= 0.3 is 5.97 Å². The van der Waals surface area contributed by atoms with Gasteiger partial charge in [-0.1, -0.05) is 36.4 Å². The van der Waals surface area contributed by atoms with Crippen LogP contribution in [-0.2, 0) is 11.3 Å². The van der Waals surface area contributed by atoms with Gasteiger partial charge in [-0.05, 0) is 35.4 Å². The van der Waals surface area contributed by atoms with Gasteiger partial charge in [0.05, 0.1) is 24.9 Å². The van der Waals surface area contributed by atoms with Crippen LogP contribution in [0.25, 0.3) is 33.9 Å². The maximum atomic E-state index is 12.0. The van der Waals surface area contributed by atoms with E-state index in [1.165, 1.54) is 7.11 Å². The molecule has 4 aromatic rings.